The van der Waals surface area contributed by atoms with Crippen LogP contribution in [0.1, 0.15) is 0 Å². The van der Waals surface area contributed by atoms with Gasteiger partial charge in [0.1, 0.15) is 10.9 Å². The van der Waals surface area contributed by atoms with Crippen LogP contribution >= 0.6 is 23.4 Å². The number of H-pyrrole nitrogens is 1. The Kier molecular flexibility index (Phi) is 3.27. The zero-order valence-corrected chi connectivity index (χ0v) is 11.5. The lowest BCUT2D eigenvalue weighted by Crippen LogP contribution is -1.92. The summed E-state index contributed by atoms with van der Waals surface area (Å²) in [5.41, 5.74) is 0.956. The number of benzene rings is 1. The summed E-state index contributed by atoms with van der Waals surface area (Å²) >= 11 is 7.32. The van der Waals surface area contributed by atoms with Crippen LogP contribution in [0.4, 0.5) is 0 Å². The molecule has 1 aromatic carbocycles. The minimum Gasteiger partial charge on any atom is -0.439 e. The molecule has 96 valence electrons. The molecular weight excluding hydrogens is 284 g/mol. The van der Waals surface area contributed by atoms with E-state index in [4.69, 9.17) is 16.3 Å². The van der Waals surface area contributed by atoms with Gasteiger partial charge >= 0.3 is 0 Å². The Labute approximate surface area is 118 Å². The average molecular weight is 293 g/mol. The first kappa shape index (κ1) is 12.3. The number of hydrogen-bond acceptors (Lipinski definition) is 5. The summed E-state index contributed by atoms with van der Waals surface area (Å²) in [4.78, 5) is 8.29. The van der Waals surface area contributed by atoms with Crippen molar-refractivity contribution in [3.05, 3.63) is 35.6 Å². The van der Waals surface area contributed by atoms with Crippen LogP contribution in [0.15, 0.2) is 35.6 Å². The topological polar surface area (TPSA) is 63.7 Å². The van der Waals surface area contributed by atoms with Crippen molar-refractivity contribution in [3.63, 3.8) is 0 Å². The van der Waals surface area contributed by atoms with E-state index in [2.05, 4.69) is 20.2 Å². The molecule has 1 N–H and O–H groups in total. The normalized spacial score (nSPS) is 10.8. The highest BCUT2D eigenvalue weighted by atomic mass is 35.5. The number of hydrogen-bond donors (Lipinski definition) is 1. The molecule has 3 aromatic rings. The molecule has 7 heteroatoms. The van der Waals surface area contributed by atoms with Gasteiger partial charge in [0.15, 0.2) is 5.16 Å². The van der Waals surface area contributed by atoms with Crippen LogP contribution < -0.4 is 4.74 Å². The average Bonchev–Trinajstić information content (AvgIpc) is 2.85. The molecule has 0 aliphatic carbocycles. The Bertz CT molecular complexity index is 731. The van der Waals surface area contributed by atoms with Gasteiger partial charge in [-0.3, -0.25) is 5.10 Å². The van der Waals surface area contributed by atoms with Crippen molar-refractivity contribution in [2.75, 3.05) is 6.26 Å². The third-order valence-corrected chi connectivity index (χ3v) is 3.21. The number of aromatic nitrogens is 4. The fraction of sp³-hybridized carbons (Fsp3) is 0.0833. The van der Waals surface area contributed by atoms with Gasteiger partial charge in [0.05, 0.1) is 11.7 Å². The summed E-state index contributed by atoms with van der Waals surface area (Å²) in [6.45, 7) is 0. The lowest BCUT2D eigenvalue weighted by Gasteiger charge is -2.06. The summed E-state index contributed by atoms with van der Waals surface area (Å²) in [6.07, 6.45) is 3.62. The summed E-state index contributed by atoms with van der Waals surface area (Å²) in [5, 5.41) is 8.75. The molecular formula is C12H9ClN4OS. The highest BCUT2D eigenvalue weighted by Crippen LogP contribution is 2.26. The van der Waals surface area contributed by atoms with Crippen LogP contribution in [0.5, 0.6) is 11.6 Å². The number of thioether (sulfide) groups is 1. The molecule has 0 bridgehead atoms. The van der Waals surface area contributed by atoms with Gasteiger partial charge in [0, 0.05) is 11.5 Å². The monoisotopic (exact) mass is 292 g/mol. The quantitative estimate of drug-likeness (QED) is 0.454. The molecule has 0 aliphatic heterocycles. The molecule has 0 atom stereocenters. The van der Waals surface area contributed by atoms with Gasteiger partial charge in [-0.15, -0.1) is 0 Å². The largest absolute Gasteiger partial charge is 0.439 e. The number of nitrogens with zero attached hydrogens (tertiary/aromatic N) is 3. The van der Waals surface area contributed by atoms with Crippen LogP contribution in [0.3, 0.4) is 0 Å². The maximum Gasteiger partial charge on any atom is 0.224 e. The van der Waals surface area contributed by atoms with Gasteiger partial charge in [-0.2, -0.15) is 10.1 Å². The Balaban J connectivity index is 1.93. The predicted octanol–water partition coefficient (Wildman–Crippen LogP) is 3.52. The molecule has 0 radical (unpaired) electrons. The van der Waals surface area contributed by atoms with Crippen LogP contribution in [-0.4, -0.2) is 26.4 Å². The van der Waals surface area contributed by atoms with E-state index in [-0.39, 0.29) is 0 Å². The van der Waals surface area contributed by atoms with E-state index in [1.807, 2.05) is 24.5 Å². The van der Waals surface area contributed by atoms with Crippen LogP contribution in [-0.2, 0) is 0 Å². The van der Waals surface area contributed by atoms with Crippen molar-refractivity contribution >= 4 is 34.3 Å². The maximum atomic E-state index is 5.91. The summed E-state index contributed by atoms with van der Waals surface area (Å²) in [5.74, 6) is 1.10. The molecule has 0 amide bonds. The van der Waals surface area contributed by atoms with Crippen molar-refractivity contribution in [1.29, 1.82) is 0 Å². The number of nitrogens with one attached hydrogen (secondary N) is 1. The van der Waals surface area contributed by atoms with E-state index in [0.29, 0.717) is 21.9 Å². The zero-order chi connectivity index (χ0) is 13.2. The Morgan fingerprint density at radius 3 is 3.00 bits per heavy atom. The summed E-state index contributed by atoms with van der Waals surface area (Å²) < 4.78 is 5.69. The fourth-order valence-electron chi connectivity index (χ4n) is 1.63. The highest BCUT2D eigenvalue weighted by molar-refractivity contribution is 7.98. The number of rotatable bonds is 3. The number of aromatic amines is 1. The molecule has 5 nitrogen and oxygen atoms in total. The predicted molar refractivity (Wildman–Crippen MR) is 75.0 cm³/mol. The third kappa shape index (κ3) is 2.64. The molecule has 2 heterocycles. The van der Waals surface area contributed by atoms with Crippen molar-refractivity contribution in [1.82, 2.24) is 20.2 Å². The van der Waals surface area contributed by atoms with Crippen LogP contribution in [0.2, 0.25) is 5.15 Å². The van der Waals surface area contributed by atoms with E-state index in [1.54, 1.807) is 12.3 Å². The molecule has 2 aromatic heterocycles. The van der Waals surface area contributed by atoms with E-state index < -0.39 is 0 Å². The SMILES string of the molecule is CSc1nc(Cl)cc(Oc2ccc3[nH]ncc3c2)n1. The fourth-order valence-corrected chi connectivity index (χ4v) is 2.22. The van der Waals surface area contributed by atoms with Gasteiger partial charge in [-0.25, -0.2) is 4.98 Å². The zero-order valence-electron chi connectivity index (χ0n) is 9.92. The first-order chi connectivity index (χ1) is 9.24. The first-order valence-electron chi connectivity index (χ1n) is 5.44. The third-order valence-electron chi connectivity index (χ3n) is 2.47. The Morgan fingerprint density at radius 1 is 1.26 bits per heavy atom. The van der Waals surface area contributed by atoms with E-state index in [9.17, 15) is 0 Å². The van der Waals surface area contributed by atoms with Crippen LogP contribution in [0.25, 0.3) is 10.9 Å². The lowest BCUT2D eigenvalue weighted by molar-refractivity contribution is 0.456. The Morgan fingerprint density at radius 2 is 2.16 bits per heavy atom. The van der Waals surface area contributed by atoms with E-state index >= 15 is 0 Å². The number of fused-ring (bicyclic) bond motifs is 1. The van der Waals surface area contributed by atoms with Gasteiger partial charge in [-0.1, -0.05) is 23.4 Å². The molecule has 0 saturated carbocycles. The Hall–Kier alpha value is -1.79. The maximum absolute atomic E-state index is 5.91. The van der Waals surface area contributed by atoms with Crippen molar-refractivity contribution in [3.8, 4) is 11.6 Å². The van der Waals surface area contributed by atoms with Gasteiger partial charge < -0.3 is 4.74 Å². The summed E-state index contributed by atoms with van der Waals surface area (Å²) in [7, 11) is 0. The smallest absolute Gasteiger partial charge is 0.224 e. The second-order valence-corrected chi connectivity index (χ2v) is 4.90. The summed E-state index contributed by atoms with van der Waals surface area (Å²) in [6, 6.07) is 7.21. The second-order valence-electron chi connectivity index (χ2n) is 3.74. The molecule has 0 saturated heterocycles. The van der Waals surface area contributed by atoms with Crippen molar-refractivity contribution < 1.29 is 4.74 Å². The first-order valence-corrected chi connectivity index (χ1v) is 7.04. The van der Waals surface area contributed by atoms with Crippen molar-refractivity contribution in [2.24, 2.45) is 0 Å². The molecule has 0 fully saturated rings. The molecule has 0 aliphatic rings. The molecule has 3 rings (SSSR count). The number of ether oxygens (including phenoxy) is 1. The molecule has 19 heavy (non-hydrogen) atoms. The minimum atomic E-state index is 0.360. The molecule has 0 unspecified atom stereocenters. The lowest BCUT2D eigenvalue weighted by atomic mass is 10.2. The van der Waals surface area contributed by atoms with Gasteiger partial charge in [0.2, 0.25) is 5.88 Å². The van der Waals surface area contributed by atoms with Gasteiger partial charge in [0.25, 0.3) is 0 Å². The standard InChI is InChI=1S/C12H9ClN4OS/c1-19-12-15-10(13)5-11(16-12)18-8-2-3-9-7(4-8)6-14-17-9/h2-6H,1H3,(H,14,17). The highest BCUT2D eigenvalue weighted by Gasteiger charge is 2.06. The van der Waals surface area contributed by atoms with E-state index in [1.165, 1.54) is 11.8 Å². The molecule has 0 spiro atoms. The van der Waals surface area contributed by atoms with Crippen LogP contribution in [0, 0.1) is 0 Å². The van der Waals surface area contributed by atoms with Crippen molar-refractivity contribution in [2.45, 2.75) is 5.16 Å². The van der Waals surface area contributed by atoms with E-state index in [0.717, 1.165) is 10.9 Å². The second kappa shape index (κ2) is 5.07. The minimum absolute atomic E-state index is 0.360. The number of halogens is 1. The van der Waals surface area contributed by atoms with Gasteiger partial charge in [-0.05, 0) is 24.5 Å².